The van der Waals surface area contributed by atoms with Gasteiger partial charge in [0, 0.05) is 11.9 Å². The quantitative estimate of drug-likeness (QED) is 0.830. The topological polar surface area (TPSA) is 67.8 Å². The largest absolute Gasteiger partial charge is 0.487 e. The number of rotatable bonds is 4. The van der Waals surface area contributed by atoms with Crippen LogP contribution in [-0.4, -0.2) is 23.2 Å². The van der Waals surface area contributed by atoms with Gasteiger partial charge in [0.1, 0.15) is 22.7 Å². The number of ether oxygens (including phenoxy) is 1. The van der Waals surface area contributed by atoms with E-state index in [1.807, 2.05) is 20.8 Å². The van der Waals surface area contributed by atoms with Gasteiger partial charge in [-0.15, -0.1) is 0 Å². The van der Waals surface area contributed by atoms with Crippen molar-refractivity contribution in [2.24, 2.45) is 4.99 Å². The van der Waals surface area contributed by atoms with Crippen LogP contribution in [0.25, 0.3) is 0 Å². The minimum Gasteiger partial charge on any atom is -0.487 e. The van der Waals surface area contributed by atoms with Crippen molar-refractivity contribution >= 4 is 17.3 Å². The van der Waals surface area contributed by atoms with Gasteiger partial charge in [0.25, 0.3) is 0 Å². The molecule has 2 aromatic rings. The number of benzene rings is 1. The van der Waals surface area contributed by atoms with E-state index >= 15 is 0 Å². The minimum absolute atomic E-state index is 0.138. The predicted octanol–water partition coefficient (Wildman–Crippen LogP) is 4.26. The molecule has 6 nitrogen and oxygen atoms in total. The van der Waals surface area contributed by atoms with E-state index in [1.165, 1.54) is 12.1 Å². The first-order valence-electron chi connectivity index (χ1n) is 8.18. The summed E-state index contributed by atoms with van der Waals surface area (Å²) in [5.74, 6) is 1.33. The minimum atomic E-state index is -4.39. The van der Waals surface area contributed by atoms with Crippen molar-refractivity contribution in [2.45, 2.75) is 32.5 Å². The second-order valence-corrected chi connectivity index (χ2v) is 6.83. The van der Waals surface area contributed by atoms with Gasteiger partial charge in [-0.25, -0.2) is 15.5 Å². The Balaban J connectivity index is 1.96. The van der Waals surface area contributed by atoms with Gasteiger partial charge in [-0.3, -0.25) is 4.84 Å². The lowest BCUT2D eigenvalue weighted by molar-refractivity contribution is -0.137. The number of halogens is 3. The molecule has 0 saturated heterocycles. The van der Waals surface area contributed by atoms with E-state index in [0.29, 0.717) is 28.7 Å². The number of nitrogens with one attached hydrogen (secondary N) is 2. The van der Waals surface area contributed by atoms with Crippen molar-refractivity contribution in [1.29, 1.82) is 0 Å². The summed E-state index contributed by atoms with van der Waals surface area (Å²) in [5, 5.41) is 3.02. The van der Waals surface area contributed by atoms with Crippen LogP contribution in [0.3, 0.4) is 0 Å². The van der Waals surface area contributed by atoms with E-state index in [-0.39, 0.29) is 6.73 Å². The number of anilines is 2. The number of aliphatic imine (C=N–C) groups is 1. The zero-order chi connectivity index (χ0) is 19.7. The van der Waals surface area contributed by atoms with Crippen LogP contribution in [0, 0.1) is 0 Å². The number of hydrogen-bond acceptors (Lipinski definition) is 6. The first-order valence-corrected chi connectivity index (χ1v) is 8.18. The lowest BCUT2D eigenvalue weighted by Gasteiger charge is -2.24. The van der Waals surface area contributed by atoms with E-state index in [9.17, 15) is 13.2 Å². The third-order valence-electron chi connectivity index (χ3n) is 3.50. The summed E-state index contributed by atoms with van der Waals surface area (Å²) in [5.41, 5.74) is 2.48. The van der Waals surface area contributed by atoms with Crippen molar-refractivity contribution in [2.75, 3.05) is 12.0 Å². The van der Waals surface area contributed by atoms with Gasteiger partial charge in [-0.2, -0.15) is 13.2 Å². The maximum atomic E-state index is 12.7. The van der Waals surface area contributed by atoms with E-state index < -0.39 is 17.3 Å². The SMILES string of the molecule is CC(C)(C)Oc1ccnc(Nc2ccc(C(F)(F)F)cc2)c1C1=NCON1. The molecule has 1 aromatic heterocycles. The Morgan fingerprint density at radius 1 is 1.11 bits per heavy atom. The summed E-state index contributed by atoms with van der Waals surface area (Å²) in [6.45, 7) is 5.85. The monoisotopic (exact) mass is 380 g/mol. The van der Waals surface area contributed by atoms with E-state index in [1.54, 1.807) is 12.3 Å². The highest BCUT2D eigenvalue weighted by Crippen LogP contribution is 2.33. The van der Waals surface area contributed by atoms with Crippen LogP contribution >= 0.6 is 0 Å². The van der Waals surface area contributed by atoms with Crippen LogP contribution in [0.2, 0.25) is 0 Å². The lowest BCUT2D eigenvalue weighted by Crippen LogP contribution is -2.26. The number of hydrogen-bond donors (Lipinski definition) is 2. The second kappa shape index (κ2) is 7.07. The molecule has 0 atom stereocenters. The molecule has 9 heteroatoms. The van der Waals surface area contributed by atoms with Crippen molar-refractivity contribution in [1.82, 2.24) is 10.5 Å². The number of hydroxylamine groups is 1. The highest BCUT2D eigenvalue weighted by Gasteiger charge is 2.30. The summed E-state index contributed by atoms with van der Waals surface area (Å²) >= 11 is 0. The number of alkyl halides is 3. The lowest BCUT2D eigenvalue weighted by atomic mass is 10.1. The fourth-order valence-corrected chi connectivity index (χ4v) is 2.42. The maximum Gasteiger partial charge on any atom is 0.416 e. The summed E-state index contributed by atoms with van der Waals surface area (Å²) in [7, 11) is 0. The Bertz CT molecular complexity index is 843. The number of amidine groups is 1. The Morgan fingerprint density at radius 3 is 2.37 bits per heavy atom. The molecule has 1 aliphatic heterocycles. The third kappa shape index (κ3) is 4.68. The fraction of sp³-hybridized carbons (Fsp3) is 0.333. The summed E-state index contributed by atoms with van der Waals surface area (Å²) in [6.07, 6.45) is -2.84. The molecule has 0 fully saturated rings. The molecule has 3 rings (SSSR count). The van der Waals surface area contributed by atoms with Crippen LogP contribution in [0.1, 0.15) is 31.9 Å². The number of nitrogens with zero attached hydrogens (tertiary/aromatic N) is 2. The molecule has 0 radical (unpaired) electrons. The molecule has 2 N–H and O–H groups in total. The zero-order valence-corrected chi connectivity index (χ0v) is 15.0. The van der Waals surface area contributed by atoms with Gasteiger partial charge in [0.15, 0.2) is 12.6 Å². The summed E-state index contributed by atoms with van der Waals surface area (Å²) in [4.78, 5) is 13.6. The zero-order valence-electron chi connectivity index (χ0n) is 15.0. The maximum absolute atomic E-state index is 12.7. The smallest absolute Gasteiger partial charge is 0.416 e. The normalized spacial score (nSPS) is 14.5. The van der Waals surface area contributed by atoms with Gasteiger partial charge < -0.3 is 10.1 Å². The molecule has 0 bridgehead atoms. The Kier molecular flexibility index (Phi) is 4.97. The van der Waals surface area contributed by atoms with Crippen LogP contribution in [0.4, 0.5) is 24.7 Å². The Hall–Kier alpha value is -2.81. The molecular formula is C18H19F3N4O2. The number of aromatic nitrogens is 1. The predicted molar refractivity (Wildman–Crippen MR) is 95.0 cm³/mol. The summed E-state index contributed by atoms with van der Waals surface area (Å²) in [6, 6.07) is 6.39. The van der Waals surface area contributed by atoms with Crippen molar-refractivity contribution < 1.29 is 22.7 Å². The third-order valence-corrected chi connectivity index (χ3v) is 3.50. The van der Waals surface area contributed by atoms with Gasteiger partial charge in [-0.1, -0.05) is 0 Å². The molecule has 0 unspecified atom stereocenters. The molecule has 1 aromatic carbocycles. The van der Waals surface area contributed by atoms with Crippen LogP contribution < -0.4 is 15.5 Å². The molecule has 0 spiro atoms. The molecule has 0 aliphatic carbocycles. The molecule has 2 heterocycles. The average Bonchev–Trinajstić information content (AvgIpc) is 3.07. The highest BCUT2D eigenvalue weighted by atomic mass is 19.4. The first-order chi connectivity index (χ1) is 12.6. The highest BCUT2D eigenvalue weighted by molar-refractivity contribution is 6.05. The summed E-state index contributed by atoms with van der Waals surface area (Å²) < 4.78 is 44.2. The van der Waals surface area contributed by atoms with Crippen LogP contribution in [-0.2, 0) is 11.0 Å². The number of pyridine rings is 1. The van der Waals surface area contributed by atoms with Gasteiger partial charge in [0.05, 0.1) is 5.56 Å². The van der Waals surface area contributed by atoms with Crippen molar-refractivity contribution in [3.8, 4) is 5.75 Å². The van der Waals surface area contributed by atoms with Crippen LogP contribution in [0.15, 0.2) is 41.5 Å². The molecular weight excluding hydrogens is 361 g/mol. The van der Waals surface area contributed by atoms with Gasteiger partial charge in [0.2, 0.25) is 0 Å². The molecule has 0 saturated carbocycles. The molecule has 27 heavy (non-hydrogen) atoms. The van der Waals surface area contributed by atoms with E-state index in [2.05, 4.69) is 20.8 Å². The Morgan fingerprint density at radius 2 is 1.81 bits per heavy atom. The van der Waals surface area contributed by atoms with Crippen LogP contribution in [0.5, 0.6) is 5.75 Å². The average molecular weight is 380 g/mol. The van der Waals surface area contributed by atoms with E-state index in [4.69, 9.17) is 9.57 Å². The molecule has 144 valence electrons. The van der Waals surface area contributed by atoms with Crippen molar-refractivity contribution in [3.63, 3.8) is 0 Å². The van der Waals surface area contributed by atoms with Gasteiger partial charge >= 0.3 is 6.18 Å². The Labute approximate surface area is 154 Å². The first kappa shape index (κ1) is 19.0. The second-order valence-electron chi connectivity index (χ2n) is 6.83. The standard InChI is InChI=1S/C18H19F3N4O2/c1-17(2,3)27-13-8-9-22-15(14(13)16-23-10-26-25-16)24-12-6-4-11(5-7-12)18(19,20)21/h4-9H,10H2,1-3H3,(H,22,24)(H,23,25). The fourth-order valence-electron chi connectivity index (χ4n) is 2.42. The molecule has 1 aliphatic rings. The van der Waals surface area contributed by atoms with Gasteiger partial charge in [-0.05, 0) is 51.1 Å². The van der Waals surface area contributed by atoms with E-state index in [0.717, 1.165) is 12.1 Å². The molecule has 0 amide bonds. The van der Waals surface area contributed by atoms with Crippen molar-refractivity contribution in [3.05, 3.63) is 47.7 Å².